The largest absolute Gasteiger partial charge is 0.492 e. The van der Waals surface area contributed by atoms with Crippen LogP contribution in [-0.4, -0.2) is 25.5 Å². The van der Waals surface area contributed by atoms with E-state index in [-0.39, 0.29) is 5.91 Å². The van der Waals surface area contributed by atoms with Gasteiger partial charge in [0.2, 0.25) is 0 Å². The van der Waals surface area contributed by atoms with Crippen molar-refractivity contribution in [2.75, 3.05) is 13.7 Å². The summed E-state index contributed by atoms with van der Waals surface area (Å²) in [6.45, 7) is 2.37. The van der Waals surface area contributed by atoms with E-state index in [1.807, 2.05) is 13.0 Å². The standard InChI is InChI=1S/C19H16BrNO4/c1-3-25-16-10-11(9-15(20)17(16)24-2)8-14-12-6-4-5-7-13(12)18(22)21-19(14)23/h4-10H,3H2,1-2H3,(H,21,22,23)/b14-8-. The van der Waals surface area contributed by atoms with Gasteiger partial charge in [0.25, 0.3) is 11.8 Å². The molecule has 0 spiro atoms. The van der Waals surface area contributed by atoms with Crippen LogP contribution in [0, 0.1) is 0 Å². The third-order valence-electron chi connectivity index (χ3n) is 3.78. The second-order valence-electron chi connectivity index (χ2n) is 5.35. The minimum Gasteiger partial charge on any atom is -0.492 e. The highest BCUT2D eigenvalue weighted by molar-refractivity contribution is 9.10. The van der Waals surface area contributed by atoms with Gasteiger partial charge in [-0.25, -0.2) is 0 Å². The molecule has 2 amide bonds. The van der Waals surface area contributed by atoms with Gasteiger partial charge in [-0.2, -0.15) is 0 Å². The molecule has 1 aliphatic rings. The van der Waals surface area contributed by atoms with Gasteiger partial charge >= 0.3 is 0 Å². The summed E-state index contributed by atoms with van der Waals surface area (Å²) in [5, 5.41) is 2.37. The monoisotopic (exact) mass is 401 g/mol. The molecule has 0 fully saturated rings. The van der Waals surface area contributed by atoms with Crippen LogP contribution in [0.5, 0.6) is 11.5 Å². The summed E-state index contributed by atoms with van der Waals surface area (Å²) in [4.78, 5) is 24.3. The van der Waals surface area contributed by atoms with E-state index < -0.39 is 5.91 Å². The number of carbonyl (C=O) groups is 2. The third-order valence-corrected chi connectivity index (χ3v) is 4.37. The summed E-state index contributed by atoms with van der Waals surface area (Å²) in [5.41, 5.74) is 2.27. The first-order valence-corrected chi connectivity index (χ1v) is 8.51. The van der Waals surface area contributed by atoms with Crippen LogP contribution in [0.15, 0.2) is 40.9 Å². The molecule has 1 aliphatic heterocycles. The second-order valence-corrected chi connectivity index (χ2v) is 6.21. The van der Waals surface area contributed by atoms with E-state index in [9.17, 15) is 9.59 Å². The zero-order valence-electron chi connectivity index (χ0n) is 13.8. The number of nitrogens with one attached hydrogen (secondary N) is 1. The smallest absolute Gasteiger partial charge is 0.258 e. The molecular weight excluding hydrogens is 386 g/mol. The van der Waals surface area contributed by atoms with Crippen LogP contribution in [0.25, 0.3) is 11.6 Å². The van der Waals surface area contributed by atoms with Crippen LogP contribution < -0.4 is 14.8 Å². The summed E-state index contributed by atoms with van der Waals surface area (Å²) >= 11 is 3.46. The molecule has 25 heavy (non-hydrogen) atoms. The number of imide groups is 1. The number of methoxy groups -OCH3 is 1. The Balaban J connectivity index is 2.13. The SMILES string of the molecule is CCOc1cc(/C=C2\C(=O)NC(=O)c3ccccc32)cc(Br)c1OC. The number of ether oxygens (including phenoxy) is 2. The summed E-state index contributed by atoms with van der Waals surface area (Å²) in [7, 11) is 1.57. The van der Waals surface area contributed by atoms with Gasteiger partial charge in [0.15, 0.2) is 11.5 Å². The molecule has 0 bridgehead atoms. The van der Waals surface area contributed by atoms with E-state index >= 15 is 0 Å². The molecule has 0 aromatic heterocycles. The molecule has 0 saturated carbocycles. The summed E-state index contributed by atoms with van der Waals surface area (Å²) in [5.74, 6) is 0.358. The Hall–Kier alpha value is -2.60. The Kier molecular flexibility index (Phi) is 4.90. The highest BCUT2D eigenvalue weighted by Crippen LogP contribution is 2.38. The molecular formula is C19H16BrNO4. The lowest BCUT2D eigenvalue weighted by Gasteiger charge is -2.18. The van der Waals surface area contributed by atoms with Crippen molar-refractivity contribution in [3.63, 3.8) is 0 Å². The van der Waals surface area contributed by atoms with Gasteiger partial charge in [-0.05, 0) is 58.3 Å². The van der Waals surface area contributed by atoms with Gasteiger partial charge in [-0.15, -0.1) is 0 Å². The number of hydrogen-bond donors (Lipinski definition) is 1. The normalized spacial score (nSPS) is 14.9. The maximum atomic E-state index is 12.3. The molecule has 0 saturated heterocycles. The number of rotatable bonds is 4. The average Bonchev–Trinajstić information content (AvgIpc) is 2.59. The number of amides is 2. The van der Waals surface area contributed by atoms with Crippen molar-refractivity contribution in [2.45, 2.75) is 6.92 Å². The van der Waals surface area contributed by atoms with Gasteiger partial charge in [0.1, 0.15) is 0 Å². The molecule has 3 rings (SSSR count). The van der Waals surface area contributed by atoms with Crippen molar-refractivity contribution in [3.8, 4) is 11.5 Å². The van der Waals surface area contributed by atoms with Crippen molar-refractivity contribution >= 4 is 39.4 Å². The van der Waals surface area contributed by atoms with Crippen LogP contribution in [0.4, 0.5) is 0 Å². The summed E-state index contributed by atoms with van der Waals surface area (Å²) in [6.07, 6.45) is 1.73. The molecule has 0 unspecified atom stereocenters. The van der Waals surface area contributed by atoms with Crippen molar-refractivity contribution in [1.82, 2.24) is 5.32 Å². The van der Waals surface area contributed by atoms with E-state index in [1.54, 1.807) is 43.5 Å². The lowest BCUT2D eigenvalue weighted by atomic mass is 9.93. The van der Waals surface area contributed by atoms with Crippen LogP contribution in [0.2, 0.25) is 0 Å². The topological polar surface area (TPSA) is 64.6 Å². The number of benzene rings is 2. The molecule has 5 nitrogen and oxygen atoms in total. The first kappa shape index (κ1) is 17.2. The van der Waals surface area contributed by atoms with E-state index in [0.29, 0.717) is 39.3 Å². The Morgan fingerprint density at radius 3 is 2.52 bits per heavy atom. The maximum absolute atomic E-state index is 12.3. The van der Waals surface area contributed by atoms with Gasteiger partial charge in [-0.3, -0.25) is 14.9 Å². The third kappa shape index (κ3) is 3.30. The van der Waals surface area contributed by atoms with Crippen molar-refractivity contribution in [3.05, 3.63) is 57.6 Å². The highest BCUT2D eigenvalue weighted by atomic mass is 79.9. The molecule has 1 heterocycles. The fraction of sp³-hybridized carbons (Fsp3) is 0.158. The molecule has 0 radical (unpaired) electrons. The first-order chi connectivity index (χ1) is 12.0. The van der Waals surface area contributed by atoms with Crippen molar-refractivity contribution < 1.29 is 19.1 Å². The van der Waals surface area contributed by atoms with Gasteiger partial charge < -0.3 is 9.47 Å². The number of carbonyl (C=O) groups excluding carboxylic acids is 2. The molecule has 128 valence electrons. The van der Waals surface area contributed by atoms with Crippen molar-refractivity contribution in [1.29, 1.82) is 0 Å². The van der Waals surface area contributed by atoms with Gasteiger partial charge in [0.05, 0.1) is 18.2 Å². The molecule has 0 atom stereocenters. The van der Waals surface area contributed by atoms with Gasteiger partial charge in [0, 0.05) is 11.1 Å². The minimum atomic E-state index is -0.423. The minimum absolute atomic E-state index is 0.385. The van der Waals surface area contributed by atoms with E-state index in [2.05, 4.69) is 21.2 Å². The molecule has 0 aliphatic carbocycles. The Labute approximate surface area is 153 Å². The van der Waals surface area contributed by atoms with E-state index in [1.165, 1.54) is 0 Å². The van der Waals surface area contributed by atoms with Crippen molar-refractivity contribution in [2.24, 2.45) is 0 Å². The Morgan fingerprint density at radius 1 is 1.12 bits per heavy atom. The van der Waals surface area contributed by atoms with Crippen LogP contribution >= 0.6 is 15.9 Å². The fourth-order valence-corrected chi connectivity index (χ4v) is 3.34. The van der Waals surface area contributed by atoms with Crippen LogP contribution in [-0.2, 0) is 4.79 Å². The Bertz CT molecular complexity index is 889. The zero-order chi connectivity index (χ0) is 18.0. The number of fused-ring (bicyclic) bond motifs is 1. The van der Waals surface area contributed by atoms with Crippen LogP contribution in [0.1, 0.15) is 28.4 Å². The predicted molar refractivity (Wildman–Crippen MR) is 98.6 cm³/mol. The molecule has 1 N–H and O–H groups in total. The summed E-state index contributed by atoms with van der Waals surface area (Å²) < 4.78 is 11.7. The first-order valence-electron chi connectivity index (χ1n) is 7.72. The predicted octanol–water partition coefficient (Wildman–Crippen LogP) is 3.67. The second kappa shape index (κ2) is 7.11. The van der Waals surface area contributed by atoms with E-state index in [0.717, 1.165) is 5.56 Å². The maximum Gasteiger partial charge on any atom is 0.258 e. The Morgan fingerprint density at radius 2 is 1.84 bits per heavy atom. The van der Waals surface area contributed by atoms with E-state index in [4.69, 9.17) is 9.47 Å². The number of halogens is 1. The zero-order valence-corrected chi connectivity index (χ0v) is 15.3. The molecule has 2 aromatic rings. The highest BCUT2D eigenvalue weighted by Gasteiger charge is 2.26. The lowest BCUT2D eigenvalue weighted by Crippen LogP contribution is -2.36. The van der Waals surface area contributed by atoms with Crippen LogP contribution in [0.3, 0.4) is 0 Å². The summed E-state index contributed by atoms with van der Waals surface area (Å²) in [6, 6.07) is 10.7. The fourth-order valence-electron chi connectivity index (χ4n) is 2.72. The molecule has 2 aromatic carbocycles. The molecule has 6 heteroatoms. The number of hydrogen-bond acceptors (Lipinski definition) is 4. The van der Waals surface area contributed by atoms with Gasteiger partial charge in [-0.1, -0.05) is 18.2 Å². The average molecular weight is 402 g/mol. The lowest BCUT2D eigenvalue weighted by molar-refractivity contribution is -0.114. The quantitative estimate of drug-likeness (QED) is 0.626.